The van der Waals surface area contributed by atoms with Crippen molar-refractivity contribution in [3.8, 4) is 17.6 Å². The molecule has 0 aliphatic heterocycles. The monoisotopic (exact) mass is 268 g/mol. The number of hydrogen-bond acceptors (Lipinski definition) is 4. The molecule has 0 saturated carbocycles. The first-order valence-corrected chi connectivity index (χ1v) is 6.36. The number of para-hydroxylation sites is 1. The molecule has 2 rings (SSSR count). The van der Waals surface area contributed by atoms with Gasteiger partial charge >= 0.3 is 0 Å². The number of hydrogen-bond donors (Lipinski definition) is 2. The molecule has 2 N–H and O–H groups in total. The lowest BCUT2D eigenvalue weighted by Crippen LogP contribution is -2.13. The summed E-state index contributed by atoms with van der Waals surface area (Å²) in [5.74, 6) is 0.997. The lowest BCUT2D eigenvalue weighted by Gasteiger charge is -2.10. The van der Waals surface area contributed by atoms with E-state index >= 15 is 0 Å². The zero-order valence-corrected chi connectivity index (χ0v) is 11.0. The molecular weight excluding hydrogens is 252 g/mol. The summed E-state index contributed by atoms with van der Waals surface area (Å²) in [5.41, 5.74) is 2.11. The van der Waals surface area contributed by atoms with Crippen LogP contribution in [-0.2, 0) is 13.1 Å². The van der Waals surface area contributed by atoms with Crippen molar-refractivity contribution in [2.45, 2.75) is 13.1 Å². The number of nitriles is 1. The van der Waals surface area contributed by atoms with E-state index in [2.05, 4.69) is 5.32 Å². The van der Waals surface area contributed by atoms with E-state index in [0.29, 0.717) is 13.1 Å². The summed E-state index contributed by atoms with van der Waals surface area (Å²) in [7, 11) is 0. The van der Waals surface area contributed by atoms with Crippen LogP contribution in [0.15, 0.2) is 48.5 Å². The minimum Gasteiger partial charge on any atom is -0.508 e. The first-order valence-electron chi connectivity index (χ1n) is 6.36. The Morgan fingerprint density at radius 1 is 1.05 bits per heavy atom. The molecule has 0 aliphatic carbocycles. The zero-order valence-electron chi connectivity index (χ0n) is 11.0. The highest BCUT2D eigenvalue weighted by atomic mass is 16.5. The van der Waals surface area contributed by atoms with Crippen LogP contribution in [0.1, 0.15) is 11.1 Å². The second kappa shape index (κ2) is 7.17. The number of rotatable bonds is 6. The second-order valence-corrected chi connectivity index (χ2v) is 4.32. The Labute approximate surface area is 118 Å². The third kappa shape index (κ3) is 4.01. The van der Waals surface area contributed by atoms with Crippen LogP contribution in [-0.4, -0.2) is 11.7 Å². The van der Waals surface area contributed by atoms with Crippen molar-refractivity contribution in [2.24, 2.45) is 0 Å². The second-order valence-electron chi connectivity index (χ2n) is 4.32. The lowest BCUT2D eigenvalue weighted by atomic mass is 10.2. The molecule has 0 spiro atoms. The first-order chi connectivity index (χ1) is 9.79. The maximum atomic E-state index is 9.22. The van der Waals surface area contributed by atoms with Crippen molar-refractivity contribution in [3.63, 3.8) is 0 Å². The molecule has 0 bridgehead atoms. The summed E-state index contributed by atoms with van der Waals surface area (Å²) in [6, 6.07) is 16.7. The first kappa shape index (κ1) is 13.9. The molecular formula is C16H16N2O2. The maximum absolute atomic E-state index is 9.22. The van der Waals surface area contributed by atoms with Crippen molar-refractivity contribution in [1.29, 1.82) is 5.26 Å². The van der Waals surface area contributed by atoms with Gasteiger partial charge in [-0.15, -0.1) is 0 Å². The van der Waals surface area contributed by atoms with E-state index < -0.39 is 0 Å². The molecule has 0 heterocycles. The van der Waals surface area contributed by atoms with Gasteiger partial charge in [-0.1, -0.05) is 30.3 Å². The molecule has 0 unspecified atom stereocenters. The van der Waals surface area contributed by atoms with Crippen LogP contribution in [0.25, 0.3) is 0 Å². The summed E-state index contributed by atoms with van der Waals surface area (Å²) in [6.07, 6.45) is 0. The Balaban J connectivity index is 1.90. The lowest BCUT2D eigenvalue weighted by molar-refractivity contribution is 0.362. The molecule has 0 amide bonds. The Morgan fingerprint density at radius 2 is 1.80 bits per heavy atom. The predicted molar refractivity (Wildman–Crippen MR) is 76.2 cm³/mol. The van der Waals surface area contributed by atoms with Crippen LogP contribution in [0.5, 0.6) is 11.5 Å². The van der Waals surface area contributed by atoms with Gasteiger partial charge in [0.1, 0.15) is 17.6 Å². The quantitative estimate of drug-likeness (QED) is 0.845. The molecule has 0 saturated heterocycles. The molecule has 0 atom stereocenters. The minimum absolute atomic E-state index is 0.0506. The van der Waals surface area contributed by atoms with Crippen molar-refractivity contribution in [3.05, 3.63) is 59.7 Å². The standard InChI is InChI=1S/C16H16N2O2/c17-9-10-20-16-4-2-1-3-14(16)12-18-11-13-5-7-15(19)8-6-13/h1-8,18-19H,10-12H2. The van der Waals surface area contributed by atoms with Gasteiger partial charge in [-0.2, -0.15) is 5.26 Å². The van der Waals surface area contributed by atoms with Crippen LogP contribution in [0, 0.1) is 11.3 Å². The Bertz CT molecular complexity index is 588. The highest BCUT2D eigenvalue weighted by molar-refractivity contribution is 5.33. The third-order valence-electron chi connectivity index (χ3n) is 2.85. The van der Waals surface area contributed by atoms with E-state index in [1.54, 1.807) is 12.1 Å². The normalized spacial score (nSPS) is 9.95. The molecule has 0 aromatic heterocycles. The van der Waals surface area contributed by atoms with E-state index in [9.17, 15) is 5.11 Å². The Kier molecular flexibility index (Phi) is 4.99. The van der Waals surface area contributed by atoms with E-state index in [-0.39, 0.29) is 12.4 Å². The molecule has 2 aromatic rings. The maximum Gasteiger partial charge on any atom is 0.174 e. The fraction of sp³-hybridized carbons (Fsp3) is 0.188. The molecule has 102 valence electrons. The molecule has 4 heteroatoms. The van der Waals surface area contributed by atoms with E-state index in [1.165, 1.54) is 0 Å². The number of benzene rings is 2. The largest absolute Gasteiger partial charge is 0.508 e. The van der Waals surface area contributed by atoms with Crippen LogP contribution in [0.3, 0.4) is 0 Å². The van der Waals surface area contributed by atoms with Gasteiger partial charge in [0.25, 0.3) is 0 Å². The number of ether oxygens (including phenoxy) is 1. The third-order valence-corrected chi connectivity index (χ3v) is 2.85. The summed E-state index contributed by atoms with van der Waals surface area (Å²) in [6.45, 7) is 1.41. The number of nitrogens with one attached hydrogen (secondary N) is 1. The summed E-state index contributed by atoms with van der Waals surface area (Å²) >= 11 is 0. The smallest absolute Gasteiger partial charge is 0.174 e. The Morgan fingerprint density at radius 3 is 2.55 bits per heavy atom. The van der Waals surface area contributed by atoms with Gasteiger partial charge in [0.05, 0.1) is 0 Å². The fourth-order valence-electron chi connectivity index (χ4n) is 1.86. The van der Waals surface area contributed by atoms with E-state index in [1.807, 2.05) is 42.5 Å². The molecule has 0 aliphatic rings. The SMILES string of the molecule is N#CCOc1ccccc1CNCc1ccc(O)cc1. The van der Waals surface area contributed by atoms with Gasteiger partial charge in [0, 0.05) is 18.7 Å². The highest BCUT2D eigenvalue weighted by Gasteiger charge is 2.02. The van der Waals surface area contributed by atoms with Crippen LogP contribution < -0.4 is 10.1 Å². The topological polar surface area (TPSA) is 65.3 Å². The number of aromatic hydroxyl groups is 1. The Hall–Kier alpha value is -2.51. The molecule has 0 radical (unpaired) electrons. The van der Waals surface area contributed by atoms with Crippen molar-refractivity contribution in [2.75, 3.05) is 6.61 Å². The summed E-state index contributed by atoms with van der Waals surface area (Å²) < 4.78 is 5.37. The average Bonchev–Trinajstić information content (AvgIpc) is 2.48. The molecule has 20 heavy (non-hydrogen) atoms. The average molecular weight is 268 g/mol. The minimum atomic E-state index is 0.0506. The summed E-state index contributed by atoms with van der Waals surface area (Å²) in [4.78, 5) is 0. The van der Waals surface area contributed by atoms with Gasteiger partial charge < -0.3 is 15.2 Å². The van der Waals surface area contributed by atoms with Gasteiger partial charge in [-0.25, -0.2) is 0 Å². The number of phenolic OH excluding ortho intramolecular Hbond substituents is 1. The van der Waals surface area contributed by atoms with Gasteiger partial charge in [-0.05, 0) is 23.8 Å². The van der Waals surface area contributed by atoms with Gasteiger partial charge in [-0.3, -0.25) is 0 Å². The van der Waals surface area contributed by atoms with Crippen molar-refractivity contribution in [1.82, 2.24) is 5.32 Å². The zero-order chi connectivity index (χ0) is 14.2. The number of nitrogens with zero attached hydrogens (tertiary/aromatic N) is 1. The highest BCUT2D eigenvalue weighted by Crippen LogP contribution is 2.17. The van der Waals surface area contributed by atoms with Crippen LogP contribution >= 0.6 is 0 Å². The fourth-order valence-corrected chi connectivity index (χ4v) is 1.86. The van der Waals surface area contributed by atoms with Gasteiger partial charge in [0.2, 0.25) is 0 Å². The number of phenols is 1. The molecule has 0 fully saturated rings. The summed E-state index contributed by atoms with van der Waals surface area (Å²) in [5, 5.41) is 21.1. The van der Waals surface area contributed by atoms with Crippen LogP contribution in [0.2, 0.25) is 0 Å². The van der Waals surface area contributed by atoms with Gasteiger partial charge in [0.15, 0.2) is 6.61 Å². The molecule has 2 aromatic carbocycles. The van der Waals surface area contributed by atoms with E-state index in [0.717, 1.165) is 16.9 Å². The molecule has 4 nitrogen and oxygen atoms in total. The van der Waals surface area contributed by atoms with Crippen LogP contribution in [0.4, 0.5) is 0 Å². The predicted octanol–water partition coefficient (Wildman–Crippen LogP) is 2.58. The van der Waals surface area contributed by atoms with E-state index in [4.69, 9.17) is 10.00 Å². The van der Waals surface area contributed by atoms with Crippen molar-refractivity contribution < 1.29 is 9.84 Å². The van der Waals surface area contributed by atoms with Crippen molar-refractivity contribution >= 4 is 0 Å².